The molecule has 2 N–H and O–H groups in total. The zero-order valence-electron chi connectivity index (χ0n) is 23.2. The van der Waals surface area contributed by atoms with Crippen molar-refractivity contribution in [3.63, 3.8) is 0 Å². The van der Waals surface area contributed by atoms with E-state index in [0.29, 0.717) is 19.7 Å². The standard InChI is InChI=1S/C23H33N5O4S.C3H8O2/c1-22(2,3)32-21(29)27-13-23(14-27)12-26(9-10-30-23)11-16-5-8-19(31-16)17-6-7-18-20(33-4)24-15-25-28(17)18;1-3(2,4)5/h6-7,15-16,19H,5,8-14H2,1-4H3;4-5H,1-2H3/t16-,19+;/m0./s1. The normalized spacial score (nSPS) is 23.7. The molecule has 3 aliphatic heterocycles. The maximum atomic E-state index is 12.3. The number of rotatable bonds is 4. The van der Waals surface area contributed by atoms with E-state index in [4.69, 9.17) is 24.4 Å². The third-order valence-electron chi connectivity index (χ3n) is 6.48. The molecule has 5 heterocycles. The van der Waals surface area contributed by atoms with Crippen LogP contribution in [0.5, 0.6) is 0 Å². The minimum absolute atomic E-state index is 0.0449. The molecule has 212 valence electrons. The first-order valence-electron chi connectivity index (χ1n) is 13.1. The summed E-state index contributed by atoms with van der Waals surface area (Å²) >= 11 is 1.63. The first-order chi connectivity index (χ1) is 17.8. The van der Waals surface area contributed by atoms with Gasteiger partial charge in [-0.1, -0.05) is 0 Å². The topological polar surface area (TPSA) is 122 Å². The van der Waals surface area contributed by atoms with Crippen LogP contribution in [0.25, 0.3) is 5.52 Å². The second-order valence-electron chi connectivity index (χ2n) is 11.7. The van der Waals surface area contributed by atoms with Crippen molar-refractivity contribution in [1.29, 1.82) is 0 Å². The predicted octanol–water partition coefficient (Wildman–Crippen LogP) is 2.70. The Hall–Kier alpha value is -1.96. The summed E-state index contributed by atoms with van der Waals surface area (Å²) in [6.45, 7) is 12.7. The van der Waals surface area contributed by atoms with Crippen LogP contribution >= 0.6 is 11.8 Å². The van der Waals surface area contributed by atoms with Crippen LogP contribution in [0.4, 0.5) is 4.79 Å². The Bertz CT molecular complexity index is 1100. The van der Waals surface area contributed by atoms with E-state index in [9.17, 15) is 4.79 Å². The lowest BCUT2D eigenvalue weighted by Gasteiger charge is -2.53. The summed E-state index contributed by atoms with van der Waals surface area (Å²) in [7, 11) is 0. The first-order valence-corrected chi connectivity index (χ1v) is 14.3. The lowest BCUT2D eigenvalue weighted by atomic mass is 9.92. The molecule has 2 aromatic heterocycles. The number of carbonyl (C=O) groups is 1. The lowest BCUT2D eigenvalue weighted by Crippen LogP contribution is -2.71. The number of ether oxygens (including phenoxy) is 3. The average Bonchev–Trinajstić information content (AvgIpc) is 3.42. The van der Waals surface area contributed by atoms with Crippen LogP contribution in [-0.2, 0) is 14.2 Å². The molecule has 3 aliphatic rings. The van der Waals surface area contributed by atoms with Gasteiger partial charge in [0.05, 0.1) is 37.0 Å². The van der Waals surface area contributed by atoms with Crippen LogP contribution in [0.15, 0.2) is 23.5 Å². The van der Waals surface area contributed by atoms with Gasteiger partial charge in [0.15, 0.2) is 5.79 Å². The van der Waals surface area contributed by atoms with Gasteiger partial charge < -0.3 is 29.3 Å². The molecule has 2 atom stereocenters. The molecule has 12 heteroatoms. The number of amides is 1. The summed E-state index contributed by atoms with van der Waals surface area (Å²) in [5, 5.41) is 21.6. The van der Waals surface area contributed by atoms with E-state index < -0.39 is 11.4 Å². The number of likely N-dealkylation sites (tertiary alicyclic amines) is 1. The number of fused-ring (bicyclic) bond motifs is 1. The molecule has 11 nitrogen and oxygen atoms in total. The second kappa shape index (κ2) is 11.3. The van der Waals surface area contributed by atoms with Crippen LogP contribution < -0.4 is 0 Å². The van der Waals surface area contributed by atoms with Crippen molar-refractivity contribution in [2.75, 3.05) is 45.6 Å². The number of carbonyl (C=O) groups excluding carboxylic acids is 1. The van der Waals surface area contributed by atoms with Gasteiger partial charge in [-0.2, -0.15) is 5.10 Å². The Morgan fingerprint density at radius 1 is 1.18 bits per heavy atom. The van der Waals surface area contributed by atoms with Gasteiger partial charge in [0.1, 0.15) is 28.7 Å². The highest BCUT2D eigenvalue weighted by Gasteiger charge is 2.50. The molecule has 1 amide bonds. The highest BCUT2D eigenvalue weighted by Crippen LogP contribution is 2.36. The molecule has 38 heavy (non-hydrogen) atoms. The van der Waals surface area contributed by atoms with E-state index in [1.54, 1.807) is 23.0 Å². The van der Waals surface area contributed by atoms with Crippen LogP contribution in [0, 0.1) is 0 Å². The fourth-order valence-electron chi connectivity index (χ4n) is 5.05. The van der Waals surface area contributed by atoms with E-state index in [-0.39, 0.29) is 23.9 Å². The van der Waals surface area contributed by atoms with Crippen LogP contribution in [0.3, 0.4) is 0 Å². The van der Waals surface area contributed by atoms with Crippen molar-refractivity contribution in [2.45, 2.75) is 81.7 Å². The molecule has 3 fully saturated rings. The van der Waals surface area contributed by atoms with Crippen LogP contribution in [0.2, 0.25) is 0 Å². The van der Waals surface area contributed by atoms with Crippen molar-refractivity contribution in [3.05, 3.63) is 24.2 Å². The van der Waals surface area contributed by atoms with Gasteiger partial charge in [0.2, 0.25) is 0 Å². The van der Waals surface area contributed by atoms with Gasteiger partial charge in [-0.25, -0.2) is 14.3 Å². The minimum atomic E-state index is -1.50. The van der Waals surface area contributed by atoms with Crippen molar-refractivity contribution in [1.82, 2.24) is 24.4 Å². The third kappa shape index (κ3) is 7.36. The maximum Gasteiger partial charge on any atom is 0.410 e. The Kier molecular flexibility index (Phi) is 8.61. The molecule has 2 aromatic rings. The van der Waals surface area contributed by atoms with Gasteiger partial charge in [-0.3, -0.25) is 4.90 Å². The van der Waals surface area contributed by atoms with Gasteiger partial charge in [0.25, 0.3) is 0 Å². The number of aromatic nitrogens is 3. The van der Waals surface area contributed by atoms with E-state index in [2.05, 4.69) is 27.1 Å². The molecule has 1 spiro atoms. The van der Waals surface area contributed by atoms with Crippen molar-refractivity contribution in [2.24, 2.45) is 0 Å². The summed E-state index contributed by atoms with van der Waals surface area (Å²) in [6.07, 6.45) is 5.61. The van der Waals surface area contributed by atoms with Gasteiger partial charge >= 0.3 is 6.09 Å². The zero-order chi connectivity index (χ0) is 27.7. The van der Waals surface area contributed by atoms with Gasteiger partial charge in [-0.05, 0) is 65.8 Å². The quantitative estimate of drug-likeness (QED) is 0.433. The molecule has 0 radical (unpaired) electrons. The molecular weight excluding hydrogens is 510 g/mol. The summed E-state index contributed by atoms with van der Waals surface area (Å²) in [4.78, 5) is 20.8. The summed E-state index contributed by atoms with van der Waals surface area (Å²) < 4.78 is 20.0. The molecule has 0 bridgehead atoms. The van der Waals surface area contributed by atoms with Crippen molar-refractivity contribution in [3.8, 4) is 0 Å². The van der Waals surface area contributed by atoms with Gasteiger partial charge in [0, 0.05) is 19.6 Å². The summed E-state index contributed by atoms with van der Waals surface area (Å²) in [5.74, 6) is -1.50. The van der Waals surface area contributed by atoms with E-state index in [0.717, 1.165) is 48.7 Å². The third-order valence-corrected chi connectivity index (χ3v) is 7.18. The monoisotopic (exact) mass is 551 g/mol. The summed E-state index contributed by atoms with van der Waals surface area (Å²) in [5.41, 5.74) is 1.36. The number of thioether (sulfide) groups is 1. The number of hydrogen-bond donors (Lipinski definition) is 2. The van der Waals surface area contributed by atoms with Crippen LogP contribution in [-0.4, -0.2) is 109 Å². The van der Waals surface area contributed by atoms with E-state index >= 15 is 0 Å². The average molecular weight is 552 g/mol. The SMILES string of the molecule is CC(C)(O)O.CSc1ncnn2c([C@H]3CC[C@@H](CN4CCOC5(C4)CN(C(=O)OC(C)(C)C)C5)O3)ccc12. The molecule has 0 unspecified atom stereocenters. The maximum absolute atomic E-state index is 12.3. The fraction of sp³-hybridized carbons (Fsp3) is 0.731. The molecule has 0 saturated carbocycles. The predicted molar refractivity (Wildman–Crippen MR) is 143 cm³/mol. The molecule has 0 aromatic carbocycles. The van der Waals surface area contributed by atoms with E-state index in [1.165, 1.54) is 13.8 Å². The molecule has 0 aliphatic carbocycles. The highest BCUT2D eigenvalue weighted by atomic mass is 32.2. The van der Waals surface area contributed by atoms with E-state index in [1.807, 2.05) is 31.5 Å². The smallest absolute Gasteiger partial charge is 0.410 e. The summed E-state index contributed by atoms with van der Waals surface area (Å²) in [6, 6.07) is 4.19. The fourth-order valence-corrected chi connectivity index (χ4v) is 5.57. The Labute approximate surface area is 228 Å². The lowest BCUT2D eigenvalue weighted by molar-refractivity contribution is -0.181. The number of morpholine rings is 1. The number of nitrogens with zero attached hydrogens (tertiary/aromatic N) is 5. The van der Waals surface area contributed by atoms with Crippen molar-refractivity contribution < 1.29 is 29.2 Å². The molecule has 3 saturated heterocycles. The number of aliphatic hydroxyl groups is 2. The van der Waals surface area contributed by atoms with Crippen molar-refractivity contribution >= 4 is 23.4 Å². The largest absolute Gasteiger partial charge is 0.444 e. The van der Waals surface area contributed by atoms with Gasteiger partial charge in [-0.15, -0.1) is 11.8 Å². The molecular formula is C26H41N5O6S. The number of hydrogen-bond acceptors (Lipinski definition) is 10. The minimum Gasteiger partial charge on any atom is -0.444 e. The Balaban J connectivity index is 0.000000617. The molecule has 5 rings (SSSR count). The zero-order valence-corrected chi connectivity index (χ0v) is 24.0. The Morgan fingerprint density at radius 3 is 2.55 bits per heavy atom. The highest BCUT2D eigenvalue weighted by molar-refractivity contribution is 7.98. The van der Waals surface area contributed by atoms with Crippen LogP contribution in [0.1, 0.15) is 59.3 Å². The Morgan fingerprint density at radius 2 is 1.89 bits per heavy atom. The first kappa shape index (κ1) is 29.0. The second-order valence-corrected chi connectivity index (χ2v) is 12.5.